The maximum atomic E-state index is 13.4. The highest BCUT2D eigenvalue weighted by molar-refractivity contribution is 5.86. The maximum absolute atomic E-state index is 13.4. The molecule has 0 atom stereocenters. The molecule has 0 amide bonds. The molecule has 1 aromatic carbocycles. The van der Waals surface area contributed by atoms with Gasteiger partial charge in [-0.05, 0) is 24.6 Å². The molecule has 0 aliphatic heterocycles. The van der Waals surface area contributed by atoms with Crippen molar-refractivity contribution in [3.05, 3.63) is 35.2 Å². The van der Waals surface area contributed by atoms with Crippen molar-refractivity contribution in [1.82, 2.24) is 0 Å². The van der Waals surface area contributed by atoms with Gasteiger partial charge in [-0.1, -0.05) is 6.07 Å². The van der Waals surface area contributed by atoms with E-state index in [4.69, 9.17) is 5.11 Å². The highest BCUT2D eigenvalue weighted by Crippen LogP contribution is 2.28. The van der Waals surface area contributed by atoms with Crippen LogP contribution in [0.2, 0.25) is 0 Å². The summed E-state index contributed by atoms with van der Waals surface area (Å²) < 4.78 is 41.8. The molecule has 6 heteroatoms. The number of carbonyl (C=O) groups is 1. The quantitative estimate of drug-likeness (QED) is 0.831. The standard InChI is InChI=1S/C11H9F3O3/c1-6-2-4-8(12)7(3-5-9(15)16)10(6)17-11(13)14/h2-5,11H,1H3,(H,15,16)/b5-3+. The number of aliphatic carboxylic acids is 1. The Balaban J connectivity index is 3.24. The van der Waals surface area contributed by atoms with Gasteiger partial charge in [0, 0.05) is 6.08 Å². The minimum atomic E-state index is -3.10. The van der Waals surface area contributed by atoms with Gasteiger partial charge in [0.15, 0.2) is 0 Å². The Hall–Kier alpha value is -1.98. The SMILES string of the molecule is Cc1ccc(F)c(/C=C/C(=O)O)c1OC(F)F. The lowest BCUT2D eigenvalue weighted by Crippen LogP contribution is -2.06. The second kappa shape index (κ2) is 5.38. The third kappa shape index (κ3) is 3.51. The van der Waals surface area contributed by atoms with E-state index in [0.717, 1.165) is 12.1 Å². The molecule has 1 rings (SSSR count). The van der Waals surface area contributed by atoms with Crippen molar-refractivity contribution in [3.8, 4) is 5.75 Å². The molecule has 92 valence electrons. The van der Waals surface area contributed by atoms with Crippen LogP contribution in [0.3, 0.4) is 0 Å². The van der Waals surface area contributed by atoms with Gasteiger partial charge in [0.05, 0.1) is 5.56 Å². The van der Waals surface area contributed by atoms with Crippen molar-refractivity contribution in [1.29, 1.82) is 0 Å². The lowest BCUT2D eigenvalue weighted by Gasteiger charge is -2.11. The zero-order valence-corrected chi connectivity index (χ0v) is 8.78. The second-order valence-corrected chi connectivity index (χ2v) is 3.16. The minimum absolute atomic E-state index is 0.289. The number of carboxylic acids is 1. The van der Waals surface area contributed by atoms with Crippen molar-refractivity contribution in [2.24, 2.45) is 0 Å². The smallest absolute Gasteiger partial charge is 0.387 e. The van der Waals surface area contributed by atoms with Crippen LogP contribution >= 0.6 is 0 Å². The highest BCUT2D eigenvalue weighted by atomic mass is 19.3. The molecule has 0 aliphatic carbocycles. The molecule has 0 heterocycles. The normalized spacial score (nSPS) is 11.1. The molecule has 0 aromatic heterocycles. The average molecular weight is 246 g/mol. The van der Waals surface area contributed by atoms with Gasteiger partial charge in [0.2, 0.25) is 0 Å². The number of hydrogen-bond acceptors (Lipinski definition) is 2. The van der Waals surface area contributed by atoms with Crippen molar-refractivity contribution in [3.63, 3.8) is 0 Å². The summed E-state index contributed by atoms with van der Waals surface area (Å²) in [5, 5.41) is 8.41. The van der Waals surface area contributed by atoms with E-state index in [-0.39, 0.29) is 16.9 Å². The van der Waals surface area contributed by atoms with E-state index < -0.39 is 18.4 Å². The fraction of sp³-hybridized carbons (Fsp3) is 0.182. The van der Waals surface area contributed by atoms with E-state index in [0.29, 0.717) is 6.08 Å². The van der Waals surface area contributed by atoms with Crippen LogP contribution in [0, 0.1) is 12.7 Å². The Kier molecular flexibility index (Phi) is 4.14. The fourth-order valence-electron chi connectivity index (χ4n) is 1.24. The van der Waals surface area contributed by atoms with Gasteiger partial charge < -0.3 is 9.84 Å². The number of rotatable bonds is 4. The van der Waals surface area contributed by atoms with Crippen LogP contribution in [0.1, 0.15) is 11.1 Å². The van der Waals surface area contributed by atoms with E-state index in [1.165, 1.54) is 13.0 Å². The molecular formula is C11H9F3O3. The molecule has 1 aromatic rings. The molecule has 17 heavy (non-hydrogen) atoms. The Morgan fingerprint density at radius 1 is 1.47 bits per heavy atom. The lowest BCUT2D eigenvalue weighted by molar-refractivity contribution is -0.131. The van der Waals surface area contributed by atoms with Gasteiger partial charge >= 0.3 is 12.6 Å². The topological polar surface area (TPSA) is 46.5 Å². The van der Waals surface area contributed by atoms with Gasteiger partial charge in [-0.15, -0.1) is 0 Å². The van der Waals surface area contributed by atoms with Crippen LogP contribution in [0.15, 0.2) is 18.2 Å². The highest BCUT2D eigenvalue weighted by Gasteiger charge is 2.14. The average Bonchev–Trinajstić information content (AvgIpc) is 2.22. The number of aryl methyl sites for hydroxylation is 1. The van der Waals surface area contributed by atoms with Gasteiger partial charge in [-0.2, -0.15) is 8.78 Å². The molecule has 0 unspecified atom stereocenters. The first-order chi connectivity index (χ1) is 7.91. The van der Waals surface area contributed by atoms with Crippen molar-refractivity contribution in [2.75, 3.05) is 0 Å². The van der Waals surface area contributed by atoms with E-state index >= 15 is 0 Å². The summed E-state index contributed by atoms with van der Waals surface area (Å²) in [5.41, 5.74) is -0.0237. The number of alkyl halides is 2. The molecule has 3 nitrogen and oxygen atoms in total. The molecule has 1 N–H and O–H groups in total. The molecule has 0 radical (unpaired) electrons. The lowest BCUT2D eigenvalue weighted by atomic mass is 10.1. The minimum Gasteiger partial charge on any atom is -0.478 e. The van der Waals surface area contributed by atoms with Crippen LogP contribution in [-0.4, -0.2) is 17.7 Å². The summed E-state index contributed by atoms with van der Waals surface area (Å²) in [4.78, 5) is 10.3. The largest absolute Gasteiger partial charge is 0.478 e. The number of hydrogen-bond donors (Lipinski definition) is 1. The van der Waals surface area contributed by atoms with Gasteiger partial charge in [0.25, 0.3) is 0 Å². The number of carboxylic acid groups (broad SMARTS) is 1. The molecule has 0 spiro atoms. The van der Waals surface area contributed by atoms with Crippen molar-refractivity contribution in [2.45, 2.75) is 13.5 Å². The van der Waals surface area contributed by atoms with Crippen molar-refractivity contribution < 1.29 is 27.8 Å². The van der Waals surface area contributed by atoms with Crippen LogP contribution in [0.25, 0.3) is 6.08 Å². The summed E-state index contributed by atoms with van der Waals surface area (Å²) in [6, 6.07) is 2.32. The number of ether oxygens (including phenoxy) is 1. The van der Waals surface area contributed by atoms with E-state index in [9.17, 15) is 18.0 Å². The Bertz CT molecular complexity index is 456. The molecule has 0 saturated carbocycles. The third-order valence-corrected chi connectivity index (χ3v) is 1.94. The zero-order chi connectivity index (χ0) is 13.0. The Labute approximate surface area is 95.1 Å². The predicted octanol–water partition coefficient (Wildman–Crippen LogP) is 2.83. The van der Waals surface area contributed by atoms with Crippen LogP contribution in [-0.2, 0) is 4.79 Å². The first-order valence-corrected chi connectivity index (χ1v) is 4.56. The summed E-state index contributed by atoms with van der Waals surface area (Å²) in [6.07, 6.45) is 1.53. The summed E-state index contributed by atoms with van der Waals surface area (Å²) in [7, 11) is 0. The fourth-order valence-corrected chi connectivity index (χ4v) is 1.24. The van der Waals surface area contributed by atoms with Gasteiger partial charge in [-0.3, -0.25) is 0 Å². The molecule has 0 saturated heterocycles. The predicted molar refractivity (Wildman–Crippen MR) is 54.4 cm³/mol. The monoisotopic (exact) mass is 246 g/mol. The maximum Gasteiger partial charge on any atom is 0.387 e. The summed E-state index contributed by atoms with van der Waals surface area (Å²) in [5.74, 6) is -2.50. The first kappa shape index (κ1) is 13.1. The van der Waals surface area contributed by atoms with E-state index in [2.05, 4.69) is 4.74 Å². The van der Waals surface area contributed by atoms with Crippen molar-refractivity contribution >= 4 is 12.0 Å². The molecule has 0 bridgehead atoms. The Morgan fingerprint density at radius 3 is 2.65 bits per heavy atom. The number of halogens is 3. The Morgan fingerprint density at radius 2 is 2.12 bits per heavy atom. The molecule has 0 aliphatic rings. The van der Waals surface area contributed by atoms with Crippen LogP contribution in [0.4, 0.5) is 13.2 Å². The summed E-state index contributed by atoms with van der Waals surface area (Å²) >= 11 is 0. The van der Waals surface area contributed by atoms with E-state index in [1.54, 1.807) is 0 Å². The van der Waals surface area contributed by atoms with Gasteiger partial charge in [-0.25, -0.2) is 9.18 Å². The van der Waals surface area contributed by atoms with E-state index in [1.807, 2.05) is 0 Å². The molecule has 0 fully saturated rings. The molecular weight excluding hydrogens is 237 g/mol. The summed E-state index contributed by atoms with van der Waals surface area (Å²) in [6.45, 7) is -1.65. The van der Waals surface area contributed by atoms with Crippen LogP contribution in [0.5, 0.6) is 5.75 Å². The third-order valence-electron chi connectivity index (χ3n) is 1.94. The zero-order valence-electron chi connectivity index (χ0n) is 8.78. The number of benzene rings is 1. The first-order valence-electron chi connectivity index (χ1n) is 4.56. The van der Waals surface area contributed by atoms with Gasteiger partial charge in [0.1, 0.15) is 11.6 Å². The van der Waals surface area contributed by atoms with Crippen LogP contribution < -0.4 is 4.74 Å². The second-order valence-electron chi connectivity index (χ2n) is 3.16.